The Morgan fingerprint density at radius 1 is 1.50 bits per heavy atom. The van der Waals surface area contributed by atoms with Crippen LogP contribution in [0.15, 0.2) is 15.4 Å². The van der Waals surface area contributed by atoms with Crippen molar-refractivity contribution in [2.24, 2.45) is 0 Å². The van der Waals surface area contributed by atoms with E-state index in [0.29, 0.717) is 18.1 Å². The Balaban J connectivity index is 2.37. The fourth-order valence-corrected chi connectivity index (χ4v) is 4.42. The summed E-state index contributed by atoms with van der Waals surface area (Å²) < 4.78 is 32.1. The molecule has 0 bridgehead atoms. The molecule has 4 nitrogen and oxygen atoms in total. The normalized spacial score (nSPS) is 22.3. The second-order valence-electron chi connectivity index (χ2n) is 4.73. The SMILES string of the molecule is Cc1oc(CCl)cc1S(=O)(=O)N1CCCCC1C. The van der Waals surface area contributed by atoms with E-state index in [2.05, 4.69) is 0 Å². The maximum absolute atomic E-state index is 12.6. The van der Waals surface area contributed by atoms with Crippen molar-refractivity contribution in [2.45, 2.75) is 49.9 Å². The van der Waals surface area contributed by atoms with Gasteiger partial charge in [0.05, 0.1) is 5.88 Å². The predicted octanol–water partition coefficient (Wildman–Crippen LogP) is 2.89. The fourth-order valence-electron chi connectivity index (χ4n) is 2.40. The number of piperidine rings is 1. The topological polar surface area (TPSA) is 50.5 Å². The van der Waals surface area contributed by atoms with Crippen molar-refractivity contribution in [1.29, 1.82) is 0 Å². The molecular weight excluding hydrogens is 274 g/mol. The quantitative estimate of drug-likeness (QED) is 0.805. The van der Waals surface area contributed by atoms with Crippen LogP contribution >= 0.6 is 11.6 Å². The van der Waals surface area contributed by atoms with Gasteiger partial charge < -0.3 is 4.42 Å². The second kappa shape index (κ2) is 5.23. The number of halogens is 1. The van der Waals surface area contributed by atoms with Crippen LogP contribution in [0.2, 0.25) is 0 Å². The maximum Gasteiger partial charge on any atom is 0.246 e. The highest BCUT2D eigenvalue weighted by Gasteiger charge is 2.33. The summed E-state index contributed by atoms with van der Waals surface area (Å²) in [5.74, 6) is 1.10. The lowest BCUT2D eigenvalue weighted by atomic mass is 10.1. The van der Waals surface area contributed by atoms with Crippen molar-refractivity contribution in [3.05, 3.63) is 17.6 Å². The third-order valence-electron chi connectivity index (χ3n) is 3.38. The fraction of sp³-hybridized carbons (Fsp3) is 0.667. The molecule has 1 aliphatic heterocycles. The largest absolute Gasteiger partial charge is 0.464 e. The number of furan rings is 1. The van der Waals surface area contributed by atoms with Gasteiger partial charge in [0.1, 0.15) is 16.4 Å². The zero-order valence-corrected chi connectivity index (χ0v) is 12.2. The number of rotatable bonds is 3. The van der Waals surface area contributed by atoms with Crippen molar-refractivity contribution in [1.82, 2.24) is 4.31 Å². The molecule has 0 radical (unpaired) electrons. The maximum atomic E-state index is 12.6. The predicted molar refractivity (Wildman–Crippen MR) is 70.2 cm³/mol. The highest BCUT2D eigenvalue weighted by atomic mass is 35.5. The third kappa shape index (κ3) is 2.44. The molecule has 0 N–H and O–H groups in total. The van der Waals surface area contributed by atoms with Gasteiger partial charge in [0, 0.05) is 18.7 Å². The van der Waals surface area contributed by atoms with Crippen LogP contribution in [0.3, 0.4) is 0 Å². The van der Waals surface area contributed by atoms with E-state index in [1.54, 1.807) is 17.3 Å². The lowest BCUT2D eigenvalue weighted by Gasteiger charge is -2.31. The summed E-state index contributed by atoms with van der Waals surface area (Å²) >= 11 is 5.67. The van der Waals surface area contributed by atoms with Gasteiger partial charge in [-0.15, -0.1) is 11.6 Å². The Morgan fingerprint density at radius 3 is 2.78 bits per heavy atom. The van der Waals surface area contributed by atoms with Crippen LogP contribution in [0, 0.1) is 6.92 Å². The van der Waals surface area contributed by atoms with Crippen LogP contribution in [0.25, 0.3) is 0 Å². The molecule has 6 heteroatoms. The lowest BCUT2D eigenvalue weighted by Crippen LogP contribution is -2.41. The van der Waals surface area contributed by atoms with Crippen LogP contribution < -0.4 is 0 Å². The van der Waals surface area contributed by atoms with Gasteiger partial charge in [-0.3, -0.25) is 0 Å². The molecule has 2 rings (SSSR count). The van der Waals surface area contributed by atoms with Gasteiger partial charge in [0.2, 0.25) is 10.0 Å². The molecule has 0 spiro atoms. The van der Waals surface area contributed by atoms with E-state index in [4.69, 9.17) is 16.0 Å². The number of sulfonamides is 1. The van der Waals surface area contributed by atoms with Gasteiger partial charge in [0.25, 0.3) is 0 Å². The van der Waals surface area contributed by atoms with Gasteiger partial charge in [-0.1, -0.05) is 6.42 Å². The van der Waals surface area contributed by atoms with Gasteiger partial charge in [-0.05, 0) is 26.7 Å². The Kier molecular flexibility index (Phi) is 4.04. The van der Waals surface area contributed by atoms with Crippen molar-refractivity contribution in [3.63, 3.8) is 0 Å². The third-order valence-corrected chi connectivity index (χ3v) is 5.77. The number of hydrogen-bond acceptors (Lipinski definition) is 3. The number of hydrogen-bond donors (Lipinski definition) is 0. The molecule has 1 aliphatic rings. The summed E-state index contributed by atoms with van der Waals surface area (Å²) in [5.41, 5.74) is 0. The van der Waals surface area contributed by atoms with Gasteiger partial charge in [-0.25, -0.2) is 8.42 Å². The Bertz CT molecular complexity index is 523. The summed E-state index contributed by atoms with van der Waals surface area (Å²) in [7, 11) is -3.45. The van der Waals surface area contributed by atoms with Crippen LogP contribution in [-0.2, 0) is 15.9 Å². The monoisotopic (exact) mass is 291 g/mol. The first-order chi connectivity index (χ1) is 8.46. The molecule has 0 amide bonds. The molecule has 2 heterocycles. The van der Waals surface area contributed by atoms with E-state index in [1.807, 2.05) is 6.92 Å². The van der Waals surface area contributed by atoms with E-state index >= 15 is 0 Å². The zero-order chi connectivity index (χ0) is 13.3. The van der Waals surface area contributed by atoms with Crippen LogP contribution in [-0.4, -0.2) is 25.3 Å². The Labute approximate surface area is 113 Å². The summed E-state index contributed by atoms with van der Waals surface area (Å²) in [6, 6.07) is 1.59. The van der Waals surface area contributed by atoms with Crippen molar-refractivity contribution in [2.75, 3.05) is 6.54 Å². The smallest absolute Gasteiger partial charge is 0.246 e. The van der Waals surface area contributed by atoms with E-state index in [-0.39, 0.29) is 16.8 Å². The summed E-state index contributed by atoms with van der Waals surface area (Å²) in [6.45, 7) is 4.20. The van der Waals surface area contributed by atoms with Gasteiger partial charge in [-0.2, -0.15) is 4.31 Å². The van der Waals surface area contributed by atoms with Crippen molar-refractivity contribution in [3.8, 4) is 0 Å². The van der Waals surface area contributed by atoms with Crippen LogP contribution in [0.5, 0.6) is 0 Å². The first-order valence-electron chi connectivity index (χ1n) is 6.14. The van der Waals surface area contributed by atoms with Crippen molar-refractivity contribution < 1.29 is 12.8 Å². The average Bonchev–Trinajstić information content (AvgIpc) is 2.71. The number of alkyl halides is 1. The summed E-state index contributed by atoms with van der Waals surface area (Å²) in [4.78, 5) is 0.256. The summed E-state index contributed by atoms with van der Waals surface area (Å²) in [5, 5.41) is 0. The van der Waals surface area contributed by atoms with E-state index < -0.39 is 10.0 Å². The molecule has 102 valence electrons. The molecule has 1 aromatic heterocycles. The molecule has 1 fully saturated rings. The molecule has 0 saturated carbocycles. The summed E-state index contributed by atoms with van der Waals surface area (Å²) in [6.07, 6.45) is 2.92. The Morgan fingerprint density at radius 2 is 2.22 bits per heavy atom. The van der Waals surface area contributed by atoms with E-state index in [1.165, 1.54) is 0 Å². The first-order valence-corrected chi connectivity index (χ1v) is 8.11. The number of nitrogens with zero attached hydrogens (tertiary/aromatic N) is 1. The van der Waals surface area contributed by atoms with Gasteiger partial charge in [0.15, 0.2) is 0 Å². The first kappa shape index (κ1) is 13.9. The molecule has 0 aliphatic carbocycles. The van der Waals surface area contributed by atoms with Crippen molar-refractivity contribution >= 4 is 21.6 Å². The molecular formula is C12H18ClNO3S. The zero-order valence-electron chi connectivity index (χ0n) is 10.6. The minimum atomic E-state index is -3.45. The molecule has 0 aromatic carbocycles. The molecule has 18 heavy (non-hydrogen) atoms. The molecule has 1 atom stereocenters. The lowest BCUT2D eigenvalue weighted by molar-refractivity contribution is 0.268. The van der Waals surface area contributed by atoms with Gasteiger partial charge >= 0.3 is 0 Å². The minimum absolute atomic E-state index is 0.0532. The second-order valence-corrected chi connectivity index (χ2v) is 6.85. The van der Waals surface area contributed by atoms with E-state index in [9.17, 15) is 8.42 Å². The van der Waals surface area contributed by atoms with Crippen LogP contribution in [0.4, 0.5) is 0 Å². The Hall–Kier alpha value is -0.520. The molecule has 1 unspecified atom stereocenters. The highest BCUT2D eigenvalue weighted by molar-refractivity contribution is 7.89. The van der Waals surface area contributed by atoms with Crippen LogP contribution in [0.1, 0.15) is 37.7 Å². The average molecular weight is 292 g/mol. The molecule has 1 saturated heterocycles. The highest BCUT2D eigenvalue weighted by Crippen LogP contribution is 2.29. The number of aryl methyl sites for hydroxylation is 1. The van der Waals surface area contributed by atoms with E-state index in [0.717, 1.165) is 19.3 Å². The molecule has 1 aromatic rings. The minimum Gasteiger partial charge on any atom is -0.464 e. The standard InChI is InChI=1S/C12H18ClNO3S/c1-9-5-3-4-6-14(9)18(15,16)12-7-11(8-13)17-10(12)2/h7,9H,3-6,8H2,1-2H3.